The van der Waals surface area contributed by atoms with Crippen LogP contribution in [0.1, 0.15) is 32.0 Å². The second kappa shape index (κ2) is 10.5. The Hall–Kier alpha value is -2.28. The molecule has 0 fully saturated rings. The van der Waals surface area contributed by atoms with Crippen molar-refractivity contribution in [3.63, 3.8) is 0 Å². The molecule has 1 heterocycles. The number of hydrogen-bond donors (Lipinski definition) is 0. The Bertz CT molecular complexity index is 606. The molecule has 0 atom stereocenters. The van der Waals surface area contributed by atoms with E-state index in [1.54, 1.807) is 12.2 Å². The van der Waals surface area contributed by atoms with Crippen molar-refractivity contribution in [1.29, 1.82) is 0 Å². The van der Waals surface area contributed by atoms with E-state index in [0.29, 0.717) is 0 Å². The minimum Gasteiger partial charge on any atom is -0.344 e. The fourth-order valence-electron chi connectivity index (χ4n) is 2.03. The van der Waals surface area contributed by atoms with Crippen LogP contribution in [0.5, 0.6) is 0 Å². The van der Waals surface area contributed by atoms with Crippen LogP contribution in [-0.2, 0) is 7.05 Å². The quantitative estimate of drug-likeness (QED) is 0.574. The molecule has 2 rings (SSSR count). The summed E-state index contributed by atoms with van der Waals surface area (Å²) in [4.78, 5) is 0. The number of aryl methyl sites for hydroxylation is 1. The summed E-state index contributed by atoms with van der Waals surface area (Å²) in [6.45, 7) is 16.4. The first kappa shape index (κ1) is 18.7. The molecule has 0 spiro atoms. The Balaban J connectivity index is 0.000000578. The van der Waals surface area contributed by atoms with Gasteiger partial charge in [0.15, 0.2) is 0 Å². The number of aromatic nitrogens is 1. The van der Waals surface area contributed by atoms with E-state index in [1.165, 1.54) is 22.2 Å². The number of nitrogens with zero attached hydrogens (tertiary/aromatic N) is 1. The van der Waals surface area contributed by atoms with Gasteiger partial charge >= 0.3 is 0 Å². The minimum absolute atomic E-state index is 1.18. The summed E-state index contributed by atoms with van der Waals surface area (Å²) < 4.78 is 2.18. The zero-order valence-electron chi connectivity index (χ0n) is 13.8. The molecule has 2 aromatic rings. The van der Waals surface area contributed by atoms with Gasteiger partial charge in [-0.2, -0.15) is 0 Å². The molecule has 0 unspecified atom stereocenters. The summed E-state index contributed by atoms with van der Waals surface area (Å²) in [7, 11) is 2.08. The zero-order chi connectivity index (χ0) is 16.3. The first-order valence-electron chi connectivity index (χ1n) is 7.09. The molecular formula is C20H27N. The average Bonchev–Trinajstić information content (AvgIpc) is 2.74. The molecule has 21 heavy (non-hydrogen) atoms. The van der Waals surface area contributed by atoms with Crippen molar-refractivity contribution in [3.05, 3.63) is 73.5 Å². The van der Waals surface area contributed by atoms with Gasteiger partial charge in [0, 0.05) is 29.2 Å². The lowest BCUT2D eigenvalue weighted by atomic mass is 10.1. The van der Waals surface area contributed by atoms with Gasteiger partial charge in [-0.25, -0.2) is 0 Å². The Morgan fingerprint density at radius 1 is 0.952 bits per heavy atom. The van der Waals surface area contributed by atoms with Gasteiger partial charge in [-0.3, -0.25) is 0 Å². The smallest absolute Gasteiger partial charge is 0.0488 e. The Labute approximate surface area is 129 Å². The predicted molar refractivity (Wildman–Crippen MR) is 99.5 cm³/mol. The van der Waals surface area contributed by atoms with E-state index < -0.39 is 0 Å². The number of para-hydroxylation sites is 1. The van der Waals surface area contributed by atoms with Gasteiger partial charge in [-0.1, -0.05) is 49.1 Å². The van der Waals surface area contributed by atoms with Gasteiger partial charge in [-0.05, 0) is 32.9 Å². The lowest BCUT2D eigenvalue weighted by molar-refractivity contribution is 0.953. The Morgan fingerprint density at radius 3 is 1.95 bits per heavy atom. The molecule has 0 N–H and O–H groups in total. The summed E-state index contributed by atoms with van der Waals surface area (Å²) in [5, 5.41) is 1.29. The molecule has 0 aliphatic carbocycles. The third-order valence-electron chi connectivity index (χ3n) is 2.72. The van der Waals surface area contributed by atoms with Crippen LogP contribution >= 0.6 is 0 Å². The zero-order valence-corrected chi connectivity index (χ0v) is 13.8. The van der Waals surface area contributed by atoms with Gasteiger partial charge in [0.2, 0.25) is 0 Å². The molecule has 0 amide bonds. The van der Waals surface area contributed by atoms with Crippen LogP contribution in [0.2, 0.25) is 0 Å². The van der Waals surface area contributed by atoms with Crippen molar-refractivity contribution < 1.29 is 0 Å². The maximum atomic E-state index is 3.88. The van der Waals surface area contributed by atoms with Gasteiger partial charge in [0.25, 0.3) is 0 Å². The van der Waals surface area contributed by atoms with Crippen LogP contribution in [0.3, 0.4) is 0 Å². The molecule has 1 heteroatoms. The molecule has 0 aliphatic rings. The van der Waals surface area contributed by atoms with E-state index in [2.05, 4.69) is 67.8 Å². The number of allylic oxidation sites excluding steroid dienone is 3. The highest BCUT2D eigenvalue weighted by Crippen LogP contribution is 2.27. The summed E-state index contributed by atoms with van der Waals surface area (Å²) in [6.07, 6.45) is 9.61. The summed E-state index contributed by atoms with van der Waals surface area (Å²) in [5.41, 5.74) is 3.68. The standard InChI is InChI=1S/C14H15N.2C3H6/c1-4-8-11-12-9-6-7-10-14(12)15(3)13(11)5-2;2*1-3-2/h4-10H,2H2,1,3H3;2*3H,1H2,2H3/b8-4-;;. The Kier molecular flexibility index (Phi) is 9.36. The number of rotatable bonds is 2. The molecule has 112 valence electrons. The monoisotopic (exact) mass is 281 g/mol. The van der Waals surface area contributed by atoms with E-state index in [9.17, 15) is 0 Å². The van der Waals surface area contributed by atoms with Crippen LogP contribution in [0, 0.1) is 0 Å². The molecular weight excluding hydrogens is 254 g/mol. The van der Waals surface area contributed by atoms with Crippen molar-refractivity contribution in [2.24, 2.45) is 7.05 Å². The van der Waals surface area contributed by atoms with Crippen molar-refractivity contribution in [2.45, 2.75) is 20.8 Å². The lowest BCUT2D eigenvalue weighted by Crippen LogP contribution is -1.90. The van der Waals surface area contributed by atoms with Crippen LogP contribution < -0.4 is 0 Å². The molecule has 0 saturated carbocycles. The van der Waals surface area contributed by atoms with E-state index >= 15 is 0 Å². The maximum absolute atomic E-state index is 3.88. The molecule has 1 aromatic heterocycles. The highest BCUT2D eigenvalue weighted by Gasteiger charge is 2.08. The molecule has 1 nitrogen and oxygen atoms in total. The van der Waals surface area contributed by atoms with Gasteiger partial charge in [0.1, 0.15) is 0 Å². The highest BCUT2D eigenvalue weighted by molar-refractivity contribution is 5.93. The summed E-state index contributed by atoms with van der Waals surface area (Å²) in [5.74, 6) is 0. The number of benzene rings is 1. The molecule has 0 aliphatic heterocycles. The summed E-state index contributed by atoms with van der Waals surface area (Å²) >= 11 is 0. The molecule has 0 saturated heterocycles. The van der Waals surface area contributed by atoms with Crippen molar-refractivity contribution in [3.8, 4) is 0 Å². The molecule has 1 aromatic carbocycles. The topological polar surface area (TPSA) is 4.93 Å². The largest absolute Gasteiger partial charge is 0.344 e. The molecule has 0 radical (unpaired) electrons. The van der Waals surface area contributed by atoms with E-state index in [-0.39, 0.29) is 0 Å². The fourth-order valence-corrected chi connectivity index (χ4v) is 2.03. The van der Waals surface area contributed by atoms with Crippen LogP contribution in [0.25, 0.3) is 23.1 Å². The first-order valence-corrected chi connectivity index (χ1v) is 7.09. The van der Waals surface area contributed by atoms with Crippen molar-refractivity contribution in [2.75, 3.05) is 0 Å². The van der Waals surface area contributed by atoms with E-state index in [0.717, 1.165) is 0 Å². The van der Waals surface area contributed by atoms with Crippen LogP contribution in [0.15, 0.2) is 62.2 Å². The number of fused-ring (bicyclic) bond motifs is 1. The first-order chi connectivity index (χ1) is 10.1. The van der Waals surface area contributed by atoms with Crippen LogP contribution in [0.4, 0.5) is 0 Å². The van der Waals surface area contributed by atoms with Crippen LogP contribution in [-0.4, -0.2) is 4.57 Å². The minimum atomic E-state index is 1.18. The molecule has 0 bridgehead atoms. The number of hydrogen-bond acceptors (Lipinski definition) is 0. The van der Waals surface area contributed by atoms with Gasteiger partial charge in [-0.15, -0.1) is 13.2 Å². The van der Waals surface area contributed by atoms with Crippen molar-refractivity contribution in [1.82, 2.24) is 4.57 Å². The van der Waals surface area contributed by atoms with Crippen molar-refractivity contribution >= 4 is 23.1 Å². The van der Waals surface area contributed by atoms with E-state index in [4.69, 9.17) is 0 Å². The lowest BCUT2D eigenvalue weighted by Gasteiger charge is -1.98. The average molecular weight is 281 g/mol. The normalized spacial score (nSPS) is 9.33. The SMILES string of the molecule is C=CC.C=CC.C=Cc1c(/C=C\C)c2ccccc2n1C. The van der Waals surface area contributed by atoms with Gasteiger partial charge < -0.3 is 4.57 Å². The predicted octanol–water partition coefficient (Wildman–Crippen LogP) is 6.24. The third kappa shape index (κ3) is 4.96. The Morgan fingerprint density at radius 2 is 1.48 bits per heavy atom. The second-order valence-electron chi connectivity index (χ2n) is 4.40. The second-order valence-corrected chi connectivity index (χ2v) is 4.40. The fraction of sp³-hybridized carbons (Fsp3) is 0.200. The third-order valence-corrected chi connectivity index (χ3v) is 2.72. The maximum Gasteiger partial charge on any atom is 0.0488 e. The van der Waals surface area contributed by atoms with Gasteiger partial charge in [0.05, 0.1) is 0 Å². The van der Waals surface area contributed by atoms with E-state index in [1.807, 2.05) is 26.8 Å². The summed E-state index contributed by atoms with van der Waals surface area (Å²) in [6, 6.07) is 8.42. The highest BCUT2D eigenvalue weighted by atomic mass is 14.9.